The zero-order valence-electron chi connectivity index (χ0n) is 13.5. The fourth-order valence-corrected chi connectivity index (χ4v) is 2.38. The van der Waals surface area contributed by atoms with Gasteiger partial charge in [0.05, 0.1) is 24.8 Å². The number of hydrogen-bond acceptors (Lipinski definition) is 5. The van der Waals surface area contributed by atoms with Gasteiger partial charge in [0.15, 0.2) is 0 Å². The van der Waals surface area contributed by atoms with Crippen LogP contribution in [0.25, 0.3) is 6.08 Å². The third kappa shape index (κ3) is 4.80. The van der Waals surface area contributed by atoms with Crippen LogP contribution in [0.3, 0.4) is 0 Å². The predicted octanol–water partition coefficient (Wildman–Crippen LogP) is 4.03. The predicted molar refractivity (Wildman–Crippen MR) is 98.0 cm³/mol. The molecular weight excluding hydrogens is 392 g/mol. The van der Waals surface area contributed by atoms with E-state index in [0.29, 0.717) is 27.2 Å². The highest BCUT2D eigenvalue weighted by Crippen LogP contribution is 2.28. The van der Waals surface area contributed by atoms with Crippen molar-refractivity contribution in [3.8, 4) is 11.5 Å². The first kappa shape index (κ1) is 18.5. The highest BCUT2D eigenvalue weighted by Gasteiger charge is 2.11. The van der Waals surface area contributed by atoms with E-state index < -0.39 is 10.8 Å². The zero-order chi connectivity index (χ0) is 18.4. The van der Waals surface area contributed by atoms with E-state index in [1.807, 2.05) is 0 Å². The van der Waals surface area contributed by atoms with E-state index in [-0.39, 0.29) is 5.69 Å². The number of ether oxygens (including phenoxy) is 2. The molecule has 7 nitrogen and oxygen atoms in total. The van der Waals surface area contributed by atoms with E-state index in [9.17, 15) is 14.9 Å². The Labute approximate surface area is 152 Å². The van der Waals surface area contributed by atoms with Crippen LogP contribution in [0.1, 0.15) is 5.56 Å². The Hall–Kier alpha value is -2.87. The molecule has 0 aliphatic rings. The number of amides is 1. The number of nitrogens with zero attached hydrogens (tertiary/aromatic N) is 1. The number of carbonyl (C=O) groups is 1. The molecule has 25 heavy (non-hydrogen) atoms. The Morgan fingerprint density at radius 3 is 2.60 bits per heavy atom. The molecule has 0 aliphatic carbocycles. The van der Waals surface area contributed by atoms with Crippen LogP contribution in [0.5, 0.6) is 11.5 Å². The number of rotatable bonds is 6. The maximum atomic E-state index is 12.1. The van der Waals surface area contributed by atoms with Crippen molar-refractivity contribution in [2.75, 3.05) is 19.5 Å². The Morgan fingerprint density at radius 1 is 1.20 bits per heavy atom. The summed E-state index contributed by atoms with van der Waals surface area (Å²) in [6, 6.07) is 9.33. The van der Waals surface area contributed by atoms with Crippen LogP contribution < -0.4 is 14.8 Å². The summed E-state index contributed by atoms with van der Waals surface area (Å²) in [6.07, 6.45) is 2.88. The molecule has 2 aromatic carbocycles. The molecule has 8 heteroatoms. The summed E-state index contributed by atoms with van der Waals surface area (Å²) in [5.74, 6) is 0.773. The van der Waals surface area contributed by atoms with E-state index >= 15 is 0 Å². The van der Waals surface area contributed by atoms with E-state index in [4.69, 9.17) is 9.47 Å². The van der Waals surface area contributed by atoms with Gasteiger partial charge < -0.3 is 14.8 Å². The first-order valence-electron chi connectivity index (χ1n) is 7.09. The lowest BCUT2D eigenvalue weighted by Gasteiger charge is -2.07. The molecule has 0 unspecified atom stereocenters. The van der Waals surface area contributed by atoms with Gasteiger partial charge in [0.1, 0.15) is 11.5 Å². The summed E-state index contributed by atoms with van der Waals surface area (Å²) in [6.45, 7) is 0. The normalized spacial score (nSPS) is 10.5. The molecule has 0 fully saturated rings. The number of anilines is 1. The molecular formula is C17H15BrN2O5. The molecule has 130 valence electrons. The molecule has 0 saturated heterocycles. The topological polar surface area (TPSA) is 90.7 Å². The van der Waals surface area contributed by atoms with Crippen molar-refractivity contribution in [3.63, 3.8) is 0 Å². The second-order valence-electron chi connectivity index (χ2n) is 4.85. The number of halogens is 1. The monoisotopic (exact) mass is 406 g/mol. The number of nitro groups is 1. The Kier molecular flexibility index (Phi) is 6.13. The summed E-state index contributed by atoms with van der Waals surface area (Å²) >= 11 is 3.25. The molecule has 1 amide bonds. The number of methoxy groups -OCH3 is 2. The second-order valence-corrected chi connectivity index (χ2v) is 5.71. The summed E-state index contributed by atoms with van der Waals surface area (Å²) in [5, 5.41) is 13.4. The quantitative estimate of drug-likeness (QED) is 0.444. The number of benzene rings is 2. The van der Waals surface area contributed by atoms with E-state index in [1.165, 1.54) is 31.4 Å². The number of nitrogens with one attached hydrogen (secondary N) is 1. The van der Waals surface area contributed by atoms with Crippen molar-refractivity contribution in [2.45, 2.75) is 0 Å². The van der Waals surface area contributed by atoms with Gasteiger partial charge in [-0.1, -0.05) is 0 Å². The van der Waals surface area contributed by atoms with Crippen LogP contribution in [-0.2, 0) is 4.79 Å². The van der Waals surface area contributed by atoms with E-state index in [2.05, 4.69) is 21.2 Å². The third-order valence-electron chi connectivity index (χ3n) is 3.27. The summed E-state index contributed by atoms with van der Waals surface area (Å²) < 4.78 is 10.9. The minimum absolute atomic E-state index is 0.114. The summed E-state index contributed by atoms with van der Waals surface area (Å²) in [7, 11) is 3.07. The van der Waals surface area contributed by atoms with Crippen LogP contribution in [0, 0.1) is 10.1 Å². The Balaban J connectivity index is 2.19. The van der Waals surface area contributed by atoms with Gasteiger partial charge in [0.2, 0.25) is 5.91 Å². The number of non-ortho nitro benzene ring substituents is 1. The van der Waals surface area contributed by atoms with Gasteiger partial charge in [0.25, 0.3) is 5.69 Å². The highest BCUT2D eigenvalue weighted by atomic mass is 79.9. The standard InChI is InChI=1S/C17H15BrN2O5/c1-24-13-5-7-16(25-2)11(9-13)3-8-17(21)19-15-10-12(20(22)23)4-6-14(15)18/h3-10H,1-2H3,(H,19,21)/b8-3+. The summed E-state index contributed by atoms with van der Waals surface area (Å²) in [5.41, 5.74) is 0.855. The molecule has 0 bridgehead atoms. The first-order chi connectivity index (χ1) is 11.9. The van der Waals surface area contributed by atoms with Crippen LogP contribution in [-0.4, -0.2) is 25.1 Å². The number of carbonyl (C=O) groups excluding carboxylic acids is 1. The van der Waals surface area contributed by atoms with Gasteiger partial charge in [0, 0.05) is 28.2 Å². The van der Waals surface area contributed by atoms with Crippen LogP contribution >= 0.6 is 15.9 Å². The largest absolute Gasteiger partial charge is 0.497 e. The van der Waals surface area contributed by atoms with Gasteiger partial charge in [-0.2, -0.15) is 0 Å². The van der Waals surface area contributed by atoms with Crippen molar-refractivity contribution in [3.05, 3.63) is 62.6 Å². The maximum Gasteiger partial charge on any atom is 0.271 e. The third-order valence-corrected chi connectivity index (χ3v) is 3.96. The Bertz CT molecular complexity index is 836. The van der Waals surface area contributed by atoms with Gasteiger partial charge in [-0.05, 0) is 46.3 Å². The fourth-order valence-electron chi connectivity index (χ4n) is 2.03. The van der Waals surface area contributed by atoms with Crippen LogP contribution in [0.2, 0.25) is 0 Å². The molecule has 1 N–H and O–H groups in total. The first-order valence-corrected chi connectivity index (χ1v) is 7.89. The minimum atomic E-state index is -0.529. The van der Waals surface area contributed by atoms with Crippen LogP contribution in [0.4, 0.5) is 11.4 Å². The lowest BCUT2D eigenvalue weighted by molar-refractivity contribution is -0.384. The van der Waals surface area contributed by atoms with Crippen molar-refractivity contribution in [1.82, 2.24) is 0 Å². The SMILES string of the molecule is COc1ccc(OC)c(/C=C/C(=O)Nc2cc([N+](=O)[O-])ccc2Br)c1. The number of nitro benzene ring substituents is 1. The lowest BCUT2D eigenvalue weighted by Crippen LogP contribution is -2.08. The van der Waals surface area contributed by atoms with E-state index in [0.717, 1.165) is 0 Å². The van der Waals surface area contributed by atoms with Gasteiger partial charge >= 0.3 is 0 Å². The fraction of sp³-hybridized carbons (Fsp3) is 0.118. The van der Waals surface area contributed by atoms with Crippen molar-refractivity contribution < 1.29 is 19.2 Å². The highest BCUT2D eigenvalue weighted by molar-refractivity contribution is 9.10. The lowest BCUT2D eigenvalue weighted by atomic mass is 10.1. The molecule has 0 radical (unpaired) electrons. The van der Waals surface area contributed by atoms with Gasteiger partial charge in [-0.25, -0.2) is 0 Å². The van der Waals surface area contributed by atoms with Crippen LogP contribution in [0.15, 0.2) is 46.9 Å². The molecule has 0 spiro atoms. The average molecular weight is 407 g/mol. The van der Waals surface area contributed by atoms with Gasteiger partial charge in [-0.15, -0.1) is 0 Å². The maximum absolute atomic E-state index is 12.1. The summed E-state index contributed by atoms with van der Waals surface area (Å²) in [4.78, 5) is 22.4. The minimum Gasteiger partial charge on any atom is -0.497 e. The zero-order valence-corrected chi connectivity index (χ0v) is 15.1. The van der Waals surface area contributed by atoms with Gasteiger partial charge in [-0.3, -0.25) is 14.9 Å². The van der Waals surface area contributed by atoms with Crippen molar-refractivity contribution in [1.29, 1.82) is 0 Å². The smallest absolute Gasteiger partial charge is 0.271 e. The molecule has 0 aromatic heterocycles. The molecule has 2 rings (SSSR count). The number of hydrogen-bond donors (Lipinski definition) is 1. The molecule has 0 atom stereocenters. The molecule has 2 aromatic rings. The molecule has 0 heterocycles. The van der Waals surface area contributed by atoms with Crippen molar-refractivity contribution >= 4 is 39.3 Å². The van der Waals surface area contributed by atoms with Crippen molar-refractivity contribution in [2.24, 2.45) is 0 Å². The molecule has 0 aliphatic heterocycles. The Morgan fingerprint density at radius 2 is 1.96 bits per heavy atom. The second kappa shape index (κ2) is 8.29. The average Bonchev–Trinajstić information content (AvgIpc) is 2.61. The molecule has 0 saturated carbocycles. The van der Waals surface area contributed by atoms with E-state index in [1.54, 1.807) is 31.4 Å².